The van der Waals surface area contributed by atoms with E-state index >= 15 is 0 Å². The lowest BCUT2D eigenvalue weighted by Gasteiger charge is -2.52. The Labute approximate surface area is 102 Å². The molecular formula is C14H19NO2. The summed E-state index contributed by atoms with van der Waals surface area (Å²) in [4.78, 5) is 0. The second kappa shape index (κ2) is 4.41. The second-order valence-corrected chi connectivity index (χ2v) is 5.25. The number of fused-ring (bicyclic) bond motifs is 1. The lowest BCUT2D eigenvalue weighted by atomic mass is 10.0. The van der Waals surface area contributed by atoms with Crippen LogP contribution >= 0.6 is 0 Å². The van der Waals surface area contributed by atoms with Gasteiger partial charge in [0.1, 0.15) is 12.1 Å². The van der Waals surface area contributed by atoms with Crippen LogP contribution in [0.1, 0.15) is 18.4 Å². The second-order valence-electron chi connectivity index (χ2n) is 5.25. The molecule has 2 aliphatic rings. The number of quaternary nitrogens is 1. The third-order valence-corrected chi connectivity index (χ3v) is 4.22. The molecule has 17 heavy (non-hydrogen) atoms. The van der Waals surface area contributed by atoms with Crippen LogP contribution in [0.5, 0.6) is 0 Å². The summed E-state index contributed by atoms with van der Waals surface area (Å²) in [6, 6.07) is 10.6. The lowest BCUT2D eigenvalue weighted by Crippen LogP contribution is -2.61. The van der Waals surface area contributed by atoms with E-state index in [4.69, 9.17) is 4.74 Å². The van der Waals surface area contributed by atoms with Crippen molar-refractivity contribution in [1.29, 1.82) is 0 Å². The van der Waals surface area contributed by atoms with E-state index in [1.807, 2.05) is 18.2 Å². The summed E-state index contributed by atoms with van der Waals surface area (Å²) < 4.78 is 5.61. The van der Waals surface area contributed by atoms with Gasteiger partial charge in [0.2, 0.25) is 0 Å². The Bertz CT molecular complexity index is 381. The minimum absolute atomic E-state index is 0.00507. The van der Waals surface area contributed by atoms with Gasteiger partial charge in [0, 0.05) is 19.3 Å². The van der Waals surface area contributed by atoms with Gasteiger partial charge >= 0.3 is 0 Å². The number of morpholine rings is 1. The molecule has 0 aliphatic carbocycles. The Hall–Kier alpha value is -0.900. The van der Waals surface area contributed by atoms with E-state index in [-0.39, 0.29) is 16.7 Å². The number of hydrogen-bond acceptors (Lipinski definition) is 2. The summed E-state index contributed by atoms with van der Waals surface area (Å²) in [5, 5.41) is 12.9. The molecule has 2 heterocycles. The highest BCUT2D eigenvalue weighted by molar-refractivity contribution is 5.15. The average Bonchev–Trinajstić information content (AvgIpc) is 2.74. The highest BCUT2D eigenvalue weighted by Gasteiger charge is 2.44. The fourth-order valence-corrected chi connectivity index (χ4v) is 3.23. The smallest absolute Gasteiger partial charge is 0.117 e. The zero-order valence-electron chi connectivity index (χ0n) is 10.0. The zero-order valence-corrected chi connectivity index (χ0v) is 10.0. The SMILES string of the molecule is [O-][N+]12CCC[C@H]1COC[C@@H]2Cc1ccccc1. The first kappa shape index (κ1) is 11.2. The molecule has 1 aromatic rings. The van der Waals surface area contributed by atoms with Gasteiger partial charge in [-0.15, -0.1) is 0 Å². The Balaban J connectivity index is 1.78. The first-order valence-electron chi connectivity index (χ1n) is 6.49. The molecule has 2 fully saturated rings. The van der Waals surface area contributed by atoms with Crippen LogP contribution in [0, 0.1) is 5.21 Å². The van der Waals surface area contributed by atoms with Crippen molar-refractivity contribution in [2.24, 2.45) is 0 Å². The largest absolute Gasteiger partial charge is 0.632 e. The predicted octanol–water partition coefficient (Wildman–Crippen LogP) is 2.10. The number of benzene rings is 1. The van der Waals surface area contributed by atoms with E-state index in [9.17, 15) is 5.21 Å². The standard InChI is InChI=1S/C14H19NO2/c16-15-8-4-7-13(15)10-17-11-14(15)9-12-5-2-1-3-6-12/h1-3,5-6,13-14H,4,7-11H2/t13-,14-,15?/m0/s1. The quantitative estimate of drug-likeness (QED) is 0.579. The maximum atomic E-state index is 12.9. The van der Waals surface area contributed by atoms with Gasteiger partial charge in [-0.05, 0) is 5.56 Å². The molecule has 92 valence electrons. The first-order valence-corrected chi connectivity index (χ1v) is 6.49. The monoisotopic (exact) mass is 233 g/mol. The maximum Gasteiger partial charge on any atom is 0.117 e. The molecule has 3 atom stereocenters. The molecule has 3 rings (SSSR count). The van der Waals surface area contributed by atoms with Gasteiger partial charge in [-0.25, -0.2) is 0 Å². The Kier molecular flexibility index (Phi) is 2.90. The van der Waals surface area contributed by atoms with Gasteiger partial charge in [-0.2, -0.15) is 0 Å². The highest BCUT2D eigenvalue weighted by Crippen LogP contribution is 2.34. The molecule has 0 radical (unpaired) electrons. The van der Waals surface area contributed by atoms with Crippen LogP contribution in [-0.2, 0) is 11.2 Å². The summed E-state index contributed by atoms with van der Waals surface area (Å²) in [6.45, 7) is 2.06. The number of hydroxylamine groups is 3. The van der Waals surface area contributed by atoms with E-state index in [0.717, 1.165) is 25.8 Å². The molecule has 1 aromatic carbocycles. The van der Waals surface area contributed by atoms with Crippen molar-refractivity contribution in [3.05, 3.63) is 41.1 Å². The summed E-state index contributed by atoms with van der Waals surface area (Å²) in [6.07, 6.45) is 2.94. The lowest BCUT2D eigenvalue weighted by molar-refractivity contribution is -0.925. The maximum absolute atomic E-state index is 12.9. The molecule has 2 aliphatic heterocycles. The fourth-order valence-electron chi connectivity index (χ4n) is 3.23. The van der Waals surface area contributed by atoms with Crippen molar-refractivity contribution in [2.45, 2.75) is 31.3 Å². The van der Waals surface area contributed by atoms with Crippen LogP contribution in [0.25, 0.3) is 0 Å². The summed E-state index contributed by atoms with van der Waals surface area (Å²) in [7, 11) is 0. The normalized spacial score (nSPS) is 36.8. The Morgan fingerprint density at radius 1 is 1.24 bits per heavy atom. The fraction of sp³-hybridized carbons (Fsp3) is 0.571. The third kappa shape index (κ3) is 1.99. The van der Waals surface area contributed by atoms with Gasteiger partial charge in [0.05, 0.1) is 19.8 Å². The molecule has 1 unspecified atom stereocenters. The number of nitrogens with zero attached hydrogens (tertiary/aromatic N) is 1. The first-order chi connectivity index (χ1) is 8.29. The van der Waals surface area contributed by atoms with E-state index < -0.39 is 0 Å². The van der Waals surface area contributed by atoms with Gasteiger partial charge in [-0.3, -0.25) is 0 Å². The Morgan fingerprint density at radius 3 is 2.88 bits per heavy atom. The Morgan fingerprint density at radius 2 is 2.06 bits per heavy atom. The van der Waals surface area contributed by atoms with Crippen molar-refractivity contribution >= 4 is 0 Å². The van der Waals surface area contributed by atoms with E-state index in [1.54, 1.807) is 0 Å². The van der Waals surface area contributed by atoms with Crippen LogP contribution in [0.3, 0.4) is 0 Å². The molecule has 0 aromatic heterocycles. The summed E-state index contributed by atoms with van der Waals surface area (Å²) in [5.41, 5.74) is 1.25. The van der Waals surface area contributed by atoms with Gasteiger partial charge in [0.25, 0.3) is 0 Å². The van der Waals surface area contributed by atoms with Crippen LogP contribution in [0.2, 0.25) is 0 Å². The molecule has 3 heteroatoms. The van der Waals surface area contributed by atoms with Crippen LogP contribution in [-0.4, -0.2) is 36.5 Å². The molecule has 0 amide bonds. The van der Waals surface area contributed by atoms with Crippen LogP contribution in [0.4, 0.5) is 0 Å². The van der Waals surface area contributed by atoms with E-state index in [2.05, 4.69) is 12.1 Å². The molecule has 0 N–H and O–H groups in total. The van der Waals surface area contributed by atoms with Crippen molar-refractivity contribution in [3.63, 3.8) is 0 Å². The molecule has 0 bridgehead atoms. The number of ether oxygens (including phenoxy) is 1. The summed E-state index contributed by atoms with van der Waals surface area (Å²) in [5.74, 6) is 0. The average molecular weight is 233 g/mol. The highest BCUT2D eigenvalue weighted by atomic mass is 16.6. The molecule has 3 nitrogen and oxygen atoms in total. The van der Waals surface area contributed by atoms with Gasteiger partial charge in [0.15, 0.2) is 0 Å². The van der Waals surface area contributed by atoms with Gasteiger partial charge < -0.3 is 14.6 Å². The van der Waals surface area contributed by atoms with Crippen molar-refractivity contribution in [2.75, 3.05) is 19.8 Å². The van der Waals surface area contributed by atoms with E-state index in [1.165, 1.54) is 5.56 Å². The van der Waals surface area contributed by atoms with Gasteiger partial charge in [-0.1, -0.05) is 30.3 Å². The van der Waals surface area contributed by atoms with Crippen molar-refractivity contribution < 1.29 is 9.38 Å². The van der Waals surface area contributed by atoms with E-state index in [0.29, 0.717) is 13.2 Å². The van der Waals surface area contributed by atoms with Crippen LogP contribution in [0.15, 0.2) is 30.3 Å². The topological polar surface area (TPSA) is 32.3 Å². The minimum Gasteiger partial charge on any atom is -0.632 e. The predicted molar refractivity (Wildman–Crippen MR) is 66.3 cm³/mol. The van der Waals surface area contributed by atoms with Crippen molar-refractivity contribution in [3.8, 4) is 0 Å². The van der Waals surface area contributed by atoms with Crippen LogP contribution < -0.4 is 0 Å². The molecule has 2 saturated heterocycles. The number of hydrogen-bond donors (Lipinski definition) is 0. The van der Waals surface area contributed by atoms with Crippen molar-refractivity contribution in [1.82, 2.24) is 0 Å². The molecular weight excluding hydrogens is 214 g/mol. The molecule has 0 saturated carbocycles. The summed E-state index contributed by atoms with van der Waals surface area (Å²) >= 11 is 0. The third-order valence-electron chi connectivity index (χ3n) is 4.22. The zero-order chi connectivity index (χ0) is 11.7. The molecule has 0 spiro atoms. The number of rotatable bonds is 2. The minimum atomic E-state index is -0.00507.